The first kappa shape index (κ1) is 26.5. The molecule has 0 radical (unpaired) electrons. The smallest absolute Gasteiger partial charge is 0.338 e. The van der Waals surface area contributed by atoms with Crippen LogP contribution in [0, 0.1) is 5.82 Å². The summed E-state index contributed by atoms with van der Waals surface area (Å²) in [6.45, 7) is 4.18. The van der Waals surface area contributed by atoms with Crippen molar-refractivity contribution in [1.82, 2.24) is 4.57 Å². The molecule has 0 bridgehead atoms. The molecule has 8 nitrogen and oxygen atoms in total. The van der Waals surface area contributed by atoms with Gasteiger partial charge in [-0.25, -0.2) is 14.2 Å². The van der Waals surface area contributed by atoms with Crippen LogP contribution in [-0.2, 0) is 16.1 Å². The lowest BCUT2D eigenvalue weighted by Crippen LogP contribution is -2.39. The number of rotatable bonds is 7. The zero-order chi connectivity index (χ0) is 28.5. The third-order valence-corrected chi connectivity index (χ3v) is 7.71. The highest BCUT2D eigenvalue weighted by molar-refractivity contribution is 7.07. The van der Waals surface area contributed by atoms with Gasteiger partial charge < -0.3 is 18.9 Å². The fourth-order valence-electron chi connectivity index (χ4n) is 4.76. The lowest BCUT2D eigenvalue weighted by molar-refractivity contribution is -0.139. The molecular formula is C31H25FN2O6S. The Labute approximate surface area is 238 Å². The number of allylic oxidation sites excluding steroid dienone is 1. The fraction of sp³-hybridized carbons (Fsp3) is 0.194. The number of halogens is 1. The van der Waals surface area contributed by atoms with Crippen molar-refractivity contribution in [2.24, 2.45) is 4.99 Å². The van der Waals surface area contributed by atoms with Crippen LogP contribution in [0.25, 0.3) is 6.08 Å². The lowest BCUT2D eigenvalue weighted by atomic mass is 9.96. The molecule has 208 valence electrons. The molecule has 2 aliphatic heterocycles. The maximum Gasteiger partial charge on any atom is 0.338 e. The maximum absolute atomic E-state index is 13.7. The van der Waals surface area contributed by atoms with Crippen LogP contribution in [0.2, 0.25) is 0 Å². The molecule has 10 heteroatoms. The fourth-order valence-corrected chi connectivity index (χ4v) is 5.81. The quantitative estimate of drug-likeness (QED) is 0.308. The molecular weight excluding hydrogens is 547 g/mol. The van der Waals surface area contributed by atoms with Crippen LogP contribution in [0.3, 0.4) is 0 Å². The van der Waals surface area contributed by atoms with Gasteiger partial charge in [-0.2, -0.15) is 0 Å². The van der Waals surface area contributed by atoms with Crippen molar-refractivity contribution in [3.8, 4) is 17.2 Å². The Kier molecular flexibility index (Phi) is 7.15. The van der Waals surface area contributed by atoms with Gasteiger partial charge >= 0.3 is 5.97 Å². The number of aromatic nitrogens is 1. The summed E-state index contributed by atoms with van der Waals surface area (Å²) in [5, 5.41) is 0. The van der Waals surface area contributed by atoms with Gasteiger partial charge in [0.2, 0.25) is 6.79 Å². The minimum Gasteiger partial charge on any atom is -0.489 e. The number of nitrogens with zero attached hydrogens (tertiary/aromatic N) is 2. The van der Waals surface area contributed by atoms with E-state index in [0.29, 0.717) is 38.7 Å². The van der Waals surface area contributed by atoms with Gasteiger partial charge in [0.05, 0.1) is 28.5 Å². The molecule has 41 heavy (non-hydrogen) atoms. The number of esters is 1. The van der Waals surface area contributed by atoms with E-state index >= 15 is 0 Å². The molecule has 3 heterocycles. The van der Waals surface area contributed by atoms with Gasteiger partial charge in [0.1, 0.15) is 18.2 Å². The Morgan fingerprint density at radius 2 is 1.85 bits per heavy atom. The Balaban J connectivity index is 1.29. The second-order valence-corrected chi connectivity index (χ2v) is 10.4. The van der Waals surface area contributed by atoms with Crippen molar-refractivity contribution in [1.29, 1.82) is 0 Å². The predicted octanol–water partition coefficient (Wildman–Crippen LogP) is 4.25. The van der Waals surface area contributed by atoms with Gasteiger partial charge in [-0.15, -0.1) is 0 Å². The molecule has 2 aliphatic rings. The van der Waals surface area contributed by atoms with E-state index in [4.69, 9.17) is 18.9 Å². The van der Waals surface area contributed by atoms with Crippen LogP contribution in [0.1, 0.15) is 36.6 Å². The summed E-state index contributed by atoms with van der Waals surface area (Å²) in [4.78, 5) is 31.7. The van der Waals surface area contributed by atoms with E-state index < -0.39 is 17.8 Å². The summed E-state index contributed by atoms with van der Waals surface area (Å²) in [7, 11) is 0. The first-order chi connectivity index (χ1) is 19.9. The minimum atomic E-state index is -0.792. The van der Waals surface area contributed by atoms with E-state index in [9.17, 15) is 14.0 Å². The molecule has 0 fully saturated rings. The Hall–Kier alpha value is -4.70. The highest BCUT2D eigenvalue weighted by Gasteiger charge is 2.33. The van der Waals surface area contributed by atoms with Crippen LogP contribution in [0.15, 0.2) is 87.8 Å². The van der Waals surface area contributed by atoms with Crippen LogP contribution in [0.5, 0.6) is 17.2 Å². The average Bonchev–Trinajstić information content (AvgIpc) is 3.56. The van der Waals surface area contributed by atoms with Crippen molar-refractivity contribution < 1.29 is 28.1 Å². The van der Waals surface area contributed by atoms with E-state index in [1.54, 1.807) is 32.1 Å². The number of carbonyl (C=O) groups excluding carboxylic acids is 1. The number of thiazole rings is 1. The predicted molar refractivity (Wildman–Crippen MR) is 150 cm³/mol. The number of hydrogen-bond acceptors (Lipinski definition) is 8. The third-order valence-electron chi connectivity index (χ3n) is 6.72. The van der Waals surface area contributed by atoms with E-state index in [1.807, 2.05) is 42.5 Å². The monoisotopic (exact) mass is 572 g/mol. The highest BCUT2D eigenvalue weighted by atomic mass is 32.1. The van der Waals surface area contributed by atoms with Crippen LogP contribution < -0.4 is 29.1 Å². The minimum absolute atomic E-state index is 0.173. The summed E-state index contributed by atoms with van der Waals surface area (Å²) in [5.41, 5.74) is 2.73. The Morgan fingerprint density at radius 3 is 2.61 bits per heavy atom. The van der Waals surface area contributed by atoms with Crippen molar-refractivity contribution >= 4 is 23.4 Å². The van der Waals surface area contributed by atoms with Gasteiger partial charge in [0.25, 0.3) is 5.56 Å². The number of fused-ring (bicyclic) bond motifs is 2. The number of hydrogen-bond donors (Lipinski definition) is 0. The van der Waals surface area contributed by atoms with Crippen molar-refractivity contribution in [2.75, 3.05) is 13.4 Å². The Bertz CT molecular complexity index is 1840. The SMILES string of the molecule is CCOC(=O)C1=C(C)N=c2s/c(=C\c3ccc(OCc4ccc5c(c4)OCO5)cc3)c(=O)n2C1c1ccc(F)cc1. The van der Waals surface area contributed by atoms with E-state index in [-0.39, 0.29) is 24.5 Å². The van der Waals surface area contributed by atoms with Gasteiger partial charge in [-0.1, -0.05) is 41.7 Å². The van der Waals surface area contributed by atoms with Crippen LogP contribution >= 0.6 is 11.3 Å². The van der Waals surface area contributed by atoms with Crippen molar-refractivity contribution in [3.05, 3.63) is 120 Å². The van der Waals surface area contributed by atoms with Gasteiger partial charge in [-0.05, 0) is 73.0 Å². The summed E-state index contributed by atoms with van der Waals surface area (Å²) < 4.78 is 37.6. The molecule has 0 amide bonds. The molecule has 0 aliphatic carbocycles. The standard InChI is InChI=1S/C31H25FN2O6S/c1-3-37-30(36)27-18(2)33-31-34(28(27)21-7-9-22(32)10-8-21)29(35)26(41-31)15-19-4-11-23(12-5-19)38-16-20-6-13-24-25(14-20)40-17-39-24/h4-15,28H,3,16-17H2,1-2H3/b26-15-. The second kappa shape index (κ2) is 11.1. The molecule has 1 aromatic heterocycles. The van der Waals surface area contributed by atoms with E-state index in [1.165, 1.54) is 28.0 Å². The van der Waals surface area contributed by atoms with E-state index in [2.05, 4.69) is 4.99 Å². The molecule has 4 aromatic rings. The summed E-state index contributed by atoms with van der Waals surface area (Å²) in [6.07, 6.45) is 1.77. The van der Waals surface area contributed by atoms with Gasteiger partial charge in [0, 0.05) is 0 Å². The molecule has 1 unspecified atom stereocenters. The first-order valence-electron chi connectivity index (χ1n) is 13.0. The summed E-state index contributed by atoms with van der Waals surface area (Å²) in [5.74, 6) is 1.12. The van der Waals surface area contributed by atoms with Crippen LogP contribution in [0.4, 0.5) is 4.39 Å². The number of carbonyl (C=O) groups is 1. The third kappa shape index (κ3) is 5.26. The van der Waals surface area contributed by atoms with Crippen molar-refractivity contribution in [3.63, 3.8) is 0 Å². The molecule has 0 spiro atoms. The highest BCUT2D eigenvalue weighted by Crippen LogP contribution is 2.33. The molecule has 0 saturated heterocycles. The summed E-state index contributed by atoms with van der Waals surface area (Å²) in [6, 6.07) is 18.0. The van der Waals surface area contributed by atoms with Gasteiger partial charge in [0.15, 0.2) is 16.3 Å². The molecule has 6 rings (SSSR count). The number of benzene rings is 3. The largest absolute Gasteiger partial charge is 0.489 e. The van der Waals surface area contributed by atoms with Crippen LogP contribution in [-0.4, -0.2) is 23.9 Å². The lowest BCUT2D eigenvalue weighted by Gasteiger charge is -2.24. The number of ether oxygens (including phenoxy) is 4. The van der Waals surface area contributed by atoms with Crippen molar-refractivity contribution in [2.45, 2.75) is 26.5 Å². The summed E-state index contributed by atoms with van der Waals surface area (Å²) >= 11 is 1.23. The zero-order valence-corrected chi connectivity index (χ0v) is 23.1. The molecule has 1 atom stereocenters. The zero-order valence-electron chi connectivity index (χ0n) is 22.3. The normalized spacial score (nSPS) is 15.9. The average molecular weight is 573 g/mol. The topological polar surface area (TPSA) is 88.4 Å². The molecule has 0 saturated carbocycles. The Morgan fingerprint density at radius 1 is 1.10 bits per heavy atom. The maximum atomic E-state index is 13.7. The molecule has 0 N–H and O–H groups in total. The molecule has 3 aromatic carbocycles. The van der Waals surface area contributed by atoms with E-state index in [0.717, 1.165) is 16.9 Å². The second-order valence-electron chi connectivity index (χ2n) is 9.40. The van der Waals surface area contributed by atoms with Gasteiger partial charge in [-0.3, -0.25) is 9.36 Å². The first-order valence-corrected chi connectivity index (χ1v) is 13.8.